The summed E-state index contributed by atoms with van der Waals surface area (Å²) in [6, 6.07) is 16.9. The lowest BCUT2D eigenvalue weighted by atomic mass is 10.2. The Labute approximate surface area is 157 Å². The average molecular weight is 367 g/mol. The normalized spacial score (nSPS) is 10.4. The SMILES string of the molecule is Cc1cc(C(=O)NCc2ccccc2)nc(Nc2ccc(Cl)cc2C)n1. The number of nitrogens with zero attached hydrogens (tertiary/aromatic N) is 2. The number of carbonyl (C=O) groups is 1. The van der Waals surface area contributed by atoms with E-state index in [0.717, 1.165) is 16.8 Å². The molecule has 132 valence electrons. The summed E-state index contributed by atoms with van der Waals surface area (Å²) in [5.74, 6) is 0.135. The first kappa shape index (κ1) is 17.9. The zero-order chi connectivity index (χ0) is 18.5. The lowest BCUT2D eigenvalue weighted by Gasteiger charge is -2.11. The number of benzene rings is 2. The van der Waals surface area contributed by atoms with E-state index in [4.69, 9.17) is 11.6 Å². The van der Waals surface area contributed by atoms with Gasteiger partial charge in [-0.25, -0.2) is 9.97 Å². The van der Waals surface area contributed by atoms with Gasteiger partial charge in [-0.2, -0.15) is 0 Å². The van der Waals surface area contributed by atoms with E-state index in [1.165, 1.54) is 0 Å². The third kappa shape index (κ3) is 4.58. The number of nitrogens with one attached hydrogen (secondary N) is 2. The van der Waals surface area contributed by atoms with Crippen LogP contribution in [0.1, 0.15) is 27.3 Å². The van der Waals surface area contributed by atoms with Crippen molar-refractivity contribution in [2.45, 2.75) is 20.4 Å². The minimum atomic E-state index is -0.241. The molecule has 0 saturated heterocycles. The summed E-state index contributed by atoms with van der Waals surface area (Å²) < 4.78 is 0. The van der Waals surface area contributed by atoms with Crippen LogP contribution in [0, 0.1) is 13.8 Å². The second-order valence-corrected chi connectivity index (χ2v) is 6.41. The van der Waals surface area contributed by atoms with Gasteiger partial charge in [-0.15, -0.1) is 0 Å². The molecule has 6 heteroatoms. The molecule has 3 aromatic rings. The third-order valence-electron chi connectivity index (χ3n) is 3.82. The summed E-state index contributed by atoms with van der Waals surface area (Å²) in [5, 5.41) is 6.69. The molecule has 0 spiro atoms. The Bertz CT molecular complexity index is 928. The maximum absolute atomic E-state index is 12.4. The minimum Gasteiger partial charge on any atom is -0.347 e. The molecule has 5 nitrogen and oxygen atoms in total. The molecular weight excluding hydrogens is 348 g/mol. The highest BCUT2D eigenvalue weighted by molar-refractivity contribution is 6.30. The average Bonchev–Trinajstić information content (AvgIpc) is 2.62. The molecule has 0 aliphatic carbocycles. The molecule has 2 N–H and O–H groups in total. The lowest BCUT2D eigenvalue weighted by molar-refractivity contribution is 0.0945. The standard InChI is InChI=1S/C20H19ClN4O/c1-13-10-16(21)8-9-17(13)24-20-23-14(2)11-18(25-20)19(26)22-12-15-6-4-3-5-7-15/h3-11H,12H2,1-2H3,(H,22,26)(H,23,24,25). The second-order valence-electron chi connectivity index (χ2n) is 5.97. The fourth-order valence-electron chi connectivity index (χ4n) is 2.50. The summed E-state index contributed by atoms with van der Waals surface area (Å²) in [6.07, 6.45) is 0. The van der Waals surface area contributed by atoms with Crippen LogP contribution in [-0.2, 0) is 6.54 Å². The molecule has 0 aliphatic rings. The van der Waals surface area contributed by atoms with Gasteiger partial charge >= 0.3 is 0 Å². The first-order chi connectivity index (χ1) is 12.5. The quantitative estimate of drug-likeness (QED) is 0.701. The maximum atomic E-state index is 12.4. The summed E-state index contributed by atoms with van der Waals surface area (Å²) in [6.45, 7) is 4.22. The summed E-state index contributed by atoms with van der Waals surface area (Å²) in [5.41, 5.74) is 3.87. The van der Waals surface area contributed by atoms with Gasteiger partial charge in [0.25, 0.3) is 5.91 Å². The van der Waals surface area contributed by atoms with Crippen molar-refractivity contribution >= 4 is 29.1 Å². The number of amides is 1. The third-order valence-corrected chi connectivity index (χ3v) is 4.05. The molecule has 0 unspecified atom stereocenters. The molecule has 0 atom stereocenters. The second kappa shape index (κ2) is 7.97. The van der Waals surface area contributed by atoms with Crippen molar-refractivity contribution in [3.8, 4) is 0 Å². The van der Waals surface area contributed by atoms with Crippen LogP contribution in [0.2, 0.25) is 5.02 Å². The van der Waals surface area contributed by atoms with Crippen LogP contribution in [0.15, 0.2) is 54.6 Å². The molecule has 0 bridgehead atoms. The van der Waals surface area contributed by atoms with Crippen molar-refractivity contribution in [2.24, 2.45) is 0 Å². The maximum Gasteiger partial charge on any atom is 0.270 e. The van der Waals surface area contributed by atoms with Crippen molar-refractivity contribution < 1.29 is 4.79 Å². The van der Waals surface area contributed by atoms with Gasteiger partial charge in [0.1, 0.15) is 5.69 Å². The van der Waals surface area contributed by atoms with Gasteiger partial charge in [0, 0.05) is 22.9 Å². The van der Waals surface area contributed by atoms with E-state index in [2.05, 4.69) is 20.6 Å². The fourth-order valence-corrected chi connectivity index (χ4v) is 2.72. The van der Waals surface area contributed by atoms with Crippen molar-refractivity contribution in [1.82, 2.24) is 15.3 Å². The Morgan fingerprint density at radius 1 is 1.04 bits per heavy atom. The highest BCUT2D eigenvalue weighted by Crippen LogP contribution is 2.22. The Morgan fingerprint density at radius 2 is 1.81 bits per heavy atom. The number of aromatic nitrogens is 2. The Morgan fingerprint density at radius 3 is 2.54 bits per heavy atom. The smallest absolute Gasteiger partial charge is 0.270 e. The van der Waals surface area contributed by atoms with Gasteiger partial charge in [-0.1, -0.05) is 41.9 Å². The van der Waals surface area contributed by atoms with E-state index in [1.54, 1.807) is 12.1 Å². The van der Waals surface area contributed by atoms with E-state index < -0.39 is 0 Å². The summed E-state index contributed by atoms with van der Waals surface area (Å²) in [4.78, 5) is 21.1. The van der Waals surface area contributed by atoms with Gasteiger partial charge < -0.3 is 10.6 Å². The highest BCUT2D eigenvalue weighted by atomic mass is 35.5. The molecule has 2 aromatic carbocycles. The molecule has 0 fully saturated rings. The van der Waals surface area contributed by atoms with Gasteiger partial charge in [0.2, 0.25) is 5.95 Å². The van der Waals surface area contributed by atoms with E-state index in [9.17, 15) is 4.79 Å². The van der Waals surface area contributed by atoms with Crippen molar-refractivity contribution in [3.63, 3.8) is 0 Å². The molecule has 1 aromatic heterocycles. The zero-order valence-electron chi connectivity index (χ0n) is 14.6. The lowest BCUT2D eigenvalue weighted by Crippen LogP contribution is -2.24. The van der Waals surface area contributed by atoms with Gasteiger partial charge in [0.05, 0.1) is 0 Å². The monoisotopic (exact) mass is 366 g/mol. The Balaban J connectivity index is 1.75. The van der Waals surface area contributed by atoms with Crippen LogP contribution >= 0.6 is 11.6 Å². The number of halogens is 1. The van der Waals surface area contributed by atoms with Gasteiger partial charge in [0.15, 0.2) is 0 Å². The first-order valence-electron chi connectivity index (χ1n) is 8.22. The fraction of sp³-hybridized carbons (Fsp3) is 0.150. The molecular formula is C20H19ClN4O. The minimum absolute atomic E-state index is 0.241. The Kier molecular flexibility index (Phi) is 5.49. The summed E-state index contributed by atoms with van der Waals surface area (Å²) >= 11 is 5.99. The van der Waals surface area contributed by atoms with Crippen LogP contribution in [0.5, 0.6) is 0 Å². The number of rotatable bonds is 5. The van der Waals surface area contributed by atoms with E-state index >= 15 is 0 Å². The van der Waals surface area contributed by atoms with Crippen LogP contribution in [0.25, 0.3) is 0 Å². The highest BCUT2D eigenvalue weighted by Gasteiger charge is 2.11. The molecule has 26 heavy (non-hydrogen) atoms. The Hall–Kier alpha value is -2.92. The van der Waals surface area contributed by atoms with Crippen molar-refractivity contribution in [2.75, 3.05) is 5.32 Å². The zero-order valence-corrected chi connectivity index (χ0v) is 15.3. The van der Waals surface area contributed by atoms with Crippen molar-refractivity contribution in [3.05, 3.63) is 82.1 Å². The molecule has 1 amide bonds. The van der Waals surface area contributed by atoms with Gasteiger partial charge in [-0.05, 0) is 49.2 Å². The van der Waals surface area contributed by atoms with Gasteiger partial charge in [-0.3, -0.25) is 4.79 Å². The van der Waals surface area contributed by atoms with E-state index in [-0.39, 0.29) is 5.91 Å². The number of hydrogen-bond acceptors (Lipinski definition) is 4. The van der Waals surface area contributed by atoms with E-state index in [0.29, 0.717) is 28.9 Å². The molecule has 1 heterocycles. The molecule has 3 rings (SSSR count). The predicted molar refractivity (Wildman–Crippen MR) is 104 cm³/mol. The molecule has 0 radical (unpaired) electrons. The van der Waals surface area contributed by atoms with Crippen molar-refractivity contribution in [1.29, 1.82) is 0 Å². The van der Waals surface area contributed by atoms with Crippen LogP contribution < -0.4 is 10.6 Å². The van der Waals surface area contributed by atoms with Crippen LogP contribution in [0.3, 0.4) is 0 Å². The number of anilines is 2. The van der Waals surface area contributed by atoms with E-state index in [1.807, 2.05) is 56.3 Å². The molecule has 0 aliphatic heterocycles. The largest absolute Gasteiger partial charge is 0.347 e. The number of aryl methyl sites for hydroxylation is 2. The predicted octanol–water partition coefficient (Wildman–Crippen LogP) is 4.42. The van der Waals surface area contributed by atoms with Crippen LogP contribution in [-0.4, -0.2) is 15.9 Å². The van der Waals surface area contributed by atoms with Crippen LogP contribution in [0.4, 0.5) is 11.6 Å². The summed E-state index contributed by atoms with van der Waals surface area (Å²) in [7, 11) is 0. The molecule has 0 saturated carbocycles. The number of hydrogen-bond donors (Lipinski definition) is 2. The first-order valence-corrected chi connectivity index (χ1v) is 8.60. The number of carbonyl (C=O) groups excluding carboxylic acids is 1. The topological polar surface area (TPSA) is 66.9 Å².